The molecule has 0 spiro atoms. The number of ketones is 1. The summed E-state index contributed by atoms with van der Waals surface area (Å²) >= 11 is 0. The third-order valence-corrected chi connectivity index (χ3v) is 3.10. The fourth-order valence-corrected chi connectivity index (χ4v) is 2.09. The molecule has 1 aliphatic rings. The minimum absolute atomic E-state index is 0.128. The third-order valence-electron chi connectivity index (χ3n) is 3.10. The van der Waals surface area contributed by atoms with Gasteiger partial charge in [-0.25, -0.2) is 4.39 Å². The van der Waals surface area contributed by atoms with Crippen molar-refractivity contribution in [3.63, 3.8) is 0 Å². The van der Waals surface area contributed by atoms with E-state index in [4.69, 9.17) is 0 Å². The smallest absolute Gasteiger partial charge is 0.295 e. The van der Waals surface area contributed by atoms with Crippen LogP contribution < -0.4 is 0 Å². The minimum Gasteiger partial charge on any atom is -0.295 e. The van der Waals surface area contributed by atoms with Crippen molar-refractivity contribution < 1.29 is 35.5 Å². The highest BCUT2D eigenvalue weighted by atomic mass is 19.4. The van der Waals surface area contributed by atoms with Gasteiger partial charge < -0.3 is 0 Å². The van der Waals surface area contributed by atoms with Gasteiger partial charge in [0.25, 0.3) is 0 Å². The number of alkyl halides is 7. The first-order valence-corrected chi connectivity index (χ1v) is 5.38. The predicted molar refractivity (Wildman–Crippen MR) is 47.5 cm³/mol. The summed E-state index contributed by atoms with van der Waals surface area (Å²) in [6, 6.07) is 0. The summed E-state index contributed by atoms with van der Waals surface area (Å²) in [6.07, 6.45) is -11.5. The molecule has 0 saturated heterocycles. The largest absolute Gasteiger partial charge is 0.439 e. The Morgan fingerprint density at radius 1 is 0.778 bits per heavy atom. The van der Waals surface area contributed by atoms with E-state index in [9.17, 15) is 35.5 Å². The molecule has 1 aliphatic carbocycles. The summed E-state index contributed by atoms with van der Waals surface area (Å²) in [5.74, 6) is -3.91. The van der Waals surface area contributed by atoms with Crippen LogP contribution >= 0.6 is 0 Å². The van der Waals surface area contributed by atoms with E-state index in [1.165, 1.54) is 0 Å². The molecule has 0 aromatic heterocycles. The zero-order chi connectivity index (χ0) is 14.2. The Bertz CT molecular complexity index is 297. The van der Waals surface area contributed by atoms with Crippen molar-refractivity contribution in [3.8, 4) is 0 Å². The molecule has 0 bridgehead atoms. The fraction of sp³-hybridized carbons (Fsp3) is 0.900. The summed E-state index contributed by atoms with van der Waals surface area (Å²) in [6.45, 7) is 0. The lowest BCUT2D eigenvalue weighted by Crippen LogP contribution is -2.60. The third kappa shape index (κ3) is 2.47. The van der Waals surface area contributed by atoms with E-state index >= 15 is 0 Å². The van der Waals surface area contributed by atoms with Gasteiger partial charge in [0.1, 0.15) is 0 Å². The van der Waals surface area contributed by atoms with Gasteiger partial charge in [-0.2, -0.15) is 26.3 Å². The first-order chi connectivity index (χ1) is 8.02. The Morgan fingerprint density at radius 2 is 1.17 bits per heavy atom. The Balaban J connectivity index is 3.08. The average molecular weight is 280 g/mol. The topological polar surface area (TPSA) is 17.1 Å². The summed E-state index contributed by atoms with van der Waals surface area (Å²) in [5, 5.41) is 0. The molecule has 1 rings (SSSR count). The molecule has 1 saturated carbocycles. The van der Waals surface area contributed by atoms with Crippen LogP contribution in [0.2, 0.25) is 0 Å². The lowest BCUT2D eigenvalue weighted by atomic mass is 9.80. The van der Waals surface area contributed by atoms with Gasteiger partial charge in [0.2, 0.25) is 0 Å². The van der Waals surface area contributed by atoms with Gasteiger partial charge in [0.15, 0.2) is 5.78 Å². The molecule has 1 fully saturated rings. The number of carbonyl (C=O) groups excluding carboxylic acids is 1. The molecule has 0 N–H and O–H groups in total. The Morgan fingerprint density at radius 3 is 1.50 bits per heavy atom. The van der Waals surface area contributed by atoms with Crippen LogP contribution in [-0.2, 0) is 4.79 Å². The average Bonchev–Trinajstić information content (AvgIpc) is 2.25. The normalized spacial score (nSPS) is 19.9. The van der Waals surface area contributed by atoms with Crippen LogP contribution in [0.15, 0.2) is 0 Å². The van der Waals surface area contributed by atoms with E-state index in [-0.39, 0.29) is 12.8 Å². The van der Waals surface area contributed by atoms with Crippen LogP contribution in [0, 0.1) is 5.92 Å². The van der Waals surface area contributed by atoms with Gasteiger partial charge in [-0.05, 0) is 12.8 Å². The molecule has 106 valence electrons. The molecule has 0 amide bonds. The van der Waals surface area contributed by atoms with Gasteiger partial charge in [0.05, 0.1) is 0 Å². The first-order valence-electron chi connectivity index (χ1n) is 5.38. The second-order valence-corrected chi connectivity index (χ2v) is 4.35. The molecule has 0 heterocycles. The molecule has 18 heavy (non-hydrogen) atoms. The van der Waals surface area contributed by atoms with Gasteiger partial charge in [0, 0.05) is 5.92 Å². The van der Waals surface area contributed by atoms with Crippen molar-refractivity contribution in [3.05, 3.63) is 0 Å². The molecular weight excluding hydrogens is 269 g/mol. The summed E-state index contributed by atoms with van der Waals surface area (Å²) in [5.41, 5.74) is -5.75. The highest BCUT2D eigenvalue weighted by Gasteiger charge is 2.77. The van der Waals surface area contributed by atoms with E-state index in [0.717, 1.165) is 0 Å². The zero-order valence-corrected chi connectivity index (χ0v) is 9.17. The molecule has 1 nitrogen and oxygen atoms in total. The zero-order valence-electron chi connectivity index (χ0n) is 9.17. The van der Waals surface area contributed by atoms with E-state index in [2.05, 4.69) is 0 Å². The molecule has 0 aliphatic heterocycles. The maximum Gasteiger partial charge on any atom is 0.439 e. The molecule has 8 heteroatoms. The standard InChI is InChI=1S/C10H11F7O/c11-8(9(12,13)14,10(15,16)17)7(18)6-4-2-1-3-5-6/h6H,1-5H2. The van der Waals surface area contributed by atoms with Crippen molar-refractivity contribution >= 4 is 5.78 Å². The molecule has 0 aromatic carbocycles. The van der Waals surface area contributed by atoms with Crippen molar-refractivity contribution in [2.75, 3.05) is 0 Å². The van der Waals surface area contributed by atoms with Crippen LogP contribution in [0.3, 0.4) is 0 Å². The van der Waals surface area contributed by atoms with E-state index in [1.807, 2.05) is 0 Å². The van der Waals surface area contributed by atoms with E-state index in [0.29, 0.717) is 19.3 Å². The number of rotatable bonds is 2. The molecule has 0 atom stereocenters. The highest BCUT2D eigenvalue weighted by Crippen LogP contribution is 2.49. The van der Waals surface area contributed by atoms with Crippen LogP contribution in [0.25, 0.3) is 0 Å². The number of hydrogen-bond acceptors (Lipinski definition) is 1. The Hall–Kier alpha value is -0.820. The molecular formula is C10H11F7O. The SMILES string of the molecule is O=C(C1CCCCC1)C(F)(C(F)(F)F)C(F)(F)F. The number of Topliss-reactive ketones (excluding diaryl/α,β-unsaturated/α-hetero) is 1. The molecule has 0 unspecified atom stereocenters. The van der Waals surface area contributed by atoms with Crippen molar-refractivity contribution in [2.45, 2.75) is 50.1 Å². The fourth-order valence-electron chi connectivity index (χ4n) is 2.09. The van der Waals surface area contributed by atoms with Crippen molar-refractivity contribution in [2.24, 2.45) is 5.92 Å². The van der Waals surface area contributed by atoms with Gasteiger partial charge in [-0.3, -0.25) is 4.79 Å². The van der Waals surface area contributed by atoms with Crippen LogP contribution in [0.4, 0.5) is 30.7 Å². The van der Waals surface area contributed by atoms with E-state index in [1.54, 1.807) is 0 Å². The van der Waals surface area contributed by atoms with Gasteiger partial charge >= 0.3 is 18.0 Å². The number of hydrogen-bond donors (Lipinski definition) is 0. The summed E-state index contributed by atoms with van der Waals surface area (Å²) in [7, 11) is 0. The maximum atomic E-state index is 13.4. The summed E-state index contributed by atoms with van der Waals surface area (Å²) < 4.78 is 87.1. The lowest BCUT2D eigenvalue weighted by Gasteiger charge is -2.32. The van der Waals surface area contributed by atoms with Crippen LogP contribution in [0.1, 0.15) is 32.1 Å². The maximum absolute atomic E-state index is 13.4. The van der Waals surface area contributed by atoms with Crippen LogP contribution in [0.5, 0.6) is 0 Å². The first kappa shape index (κ1) is 15.2. The predicted octanol–water partition coefficient (Wildman–Crippen LogP) is 3.97. The van der Waals surface area contributed by atoms with Gasteiger partial charge in [-0.1, -0.05) is 19.3 Å². The monoisotopic (exact) mass is 280 g/mol. The number of carbonyl (C=O) groups is 1. The highest BCUT2D eigenvalue weighted by molar-refractivity contribution is 5.91. The van der Waals surface area contributed by atoms with Gasteiger partial charge in [-0.15, -0.1) is 0 Å². The molecule has 0 aromatic rings. The minimum atomic E-state index is -6.28. The Kier molecular flexibility index (Phi) is 3.97. The van der Waals surface area contributed by atoms with E-state index < -0.39 is 29.7 Å². The molecule has 0 radical (unpaired) electrons. The quantitative estimate of drug-likeness (QED) is 0.699. The van der Waals surface area contributed by atoms with Crippen molar-refractivity contribution in [1.82, 2.24) is 0 Å². The second kappa shape index (κ2) is 4.70. The lowest BCUT2D eigenvalue weighted by molar-refractivity contribution is -0.326. The second-order valence-electron chi connectivity index (χ2n) is 4.35. The Labute approximate surface area is 98.3 Å². The van der Waals surface area contributed by atoms with Crippen molar-refractivity contribution in [1.29, 1.82) is 0 Å². The number of halogens is 7. The van der Waals surface area contributed by atoms with Crippen LogP contribution in [-0.4, -0.2) is 23.8 Å². The summed E-state index contributed by atoms with van der Waals surface area (Å²) in [4.78, 5) is 11.3.